The van der Waals surface area contributed by atoms with Gasteiger partial charge in [0, 0.05) is 37.5 Å². The summed E-state index contributed by atoms with van der Waals surface area (Å²) in [6.45, 7) is 4.90. The van der Waals surface area contributed by atoms with E-state index < -0.39 is 10.7 Å². The Labute approximate surface area is 257 Å². The predicted octanol–water partition coefficient (Wildman–Crippen LogP) is 6.76. The molecule has 0 spiro atoms. The summed E-state index contributed by atoms with van der Waals surface area (Å²) in [5.74, 6) is 0.540. The van der Waals surface area contributed by atoms with Gasteiger partial charge in [0.15, 0.2) is 10.6 Å². The van der Waals surface area contributed by atoms with Gasteiger partial charge in [0.25, 0.3) is 5.91 Å². The van der Waals surface area contributed by atoms with Gasteiger partial charge in [0.1, 0.15) is 23.7 Å². The number of halogens is 4. The molecule has 0 radical (unpaired) electrons. The van der Waals surface area contributed by atoms with Crippen LogP contribution in [0.2, 0.25) is 10.0 Å². The molecule has 214 valence electrons. The lowest BCUT2D eigenvalue weighted by Crippen LogP contribution is -2.38. The van der Waals surface area contributed by atoms with Crippen molar-refractivity contribution in [1.82, 2.24) is 15.0 Å². The molecular weight excluding hydrogens is 610 g/mol. The number of anilines is 1. The number of pyridine rings is 1. The molecule has 0 N–H and O–H groups in total. The van der Waals surface area contributed by atoms with Crippen molar-refractivity contribution in [3.63, 3.8) is 0 Å². The second kappa shape index (κ2) is 13.9. The monoisotopic (exact) mass is 634 g/mol. The van der Waals surface area contributed by atoms with Gasteiger partial charge in [0.2, 0.25) is 0 Å². The van der Waals surface area contributed by atoms with Crippen LogP contribution in [-0.4, -0.2) is 65.2 Å². The number of benzene rings is 2. The molecule has 41 heavy (non-hydrogen) atoms. The van der Waals surface area contributed by atoms with Crippen molar-refractivity contribution in [3.8, 4) is 28.5 Å². The van der Waals surface area contributed by atoms with E-state index in [4.69, 9.17) is 60.4 Å². The molecule has 0 unspecified atom stereocenters. The van der Waals surface area contributed by atoms with Gasteiger partial charge in [-0.15, -0.1) is 0 Å². The van der Waals surface area contributed by atoms with Crippen molar-refractivity contribution < 1.29 is 18.8 Å². The molecular formula is C29H26Cl4N4O4. The number of morpholine rings is 1. The minimum atomic E-state index is -1.29. The fourth-order valence-electron chi connectivity index (χ4n) is 4.44. The third kappa shape index (κ3) is 7.33. The first-order chi connectivity index (χ1) is 19.9. The van der Waals surface area contributed by atoms with Crippen LogP contribution in [0.25, 0.3) is 22.7 Å². The SMILES string of the molecule is O=C(C(Cl)Cl)N(Cc1ccc(OCCN2CCOCC2)cc1)c1cccnc1-c1cc(-c2c(Cl)cccc2Cl)no1. The lowest BCUT2D eigenvalue weighted by atomic mass is 10.1. The van der Waals surface area contributed by atoms with E-state index in [1.165, 1.54) is 4.90 Å². The maximum Gasteiger partial charge on any atom is 0.260 e. The zero-order valence-electron chi connectivity index (χ0n) is 21.8. The highest BCUT2D eigenvalue weighted by Gasteiger charge is 2.27. The zero-order valence-corrected chi connectivity index (χ0v) is 24.8. The Hall–Kier alpha value is -2.85. The van der Waals surface area contributed by atoms with E-state index in [9.17, 15) is 4.79 Å². The van der Waals surface area contributed by atoms with E-state index in [1.54, 1.807) is 42.6 Å². The van der Waals surface area contributed by atoms with Crippen molar-refractivity contribution in [2.75, 3.05) is 44.4 Å². The summed E-state index contributed by atoms with van der Waals surface area (Å²) >= 11 is 24.8. The molecule has 1 aliphatic rings. The van der Waals surface area contributed by atoms with E-state index >= 15 is 0 Å². The molecule has 0 saturated carbocycles. The summed E-state index contributed by atoms with van der Waals surface area (Å²) in [4.78, 5) is 20.2. The first kappa shape index (κ1) is 29.6. The molecule has 2 aromatic heterocycles. The molecule has 5 rings (SSSR count). The Morgan fingerprint density at radius 2 is 1.76 bits per heavy atom. The highest BCUT2D eigenvalue weighted by Crippen LogP contribution is 2.38. The summed E-state index contributed by atoms with van der Waals surface area (Å²) in [5.41, 5.74) is 2.62. The van der Waals surface area contributed by atoms with Gasteiger partial charge >= 0.3 is 0 Å². The normalized spacial score (nSPS) is 13.9. The van der Waals surface area contributed by atoms with Crippen LogP contribution < -0.4 is 9.64 Å². The number of hydrogen-bond acceptors (Lipinski definition) is 7. The van der Waals surface area contributed by atoms with E-state index in [0.29, 0.717) is 45.1 Å². The second-order valence-corrected chi connectivity index (χ2v) is 11.1. The van der Waals surface area contributed by atoms with Gasteiger partial charge in [-0.25, -0.2) is 0 Å². The van der Waals surface area contributed by atoms with Crippen LogP contribution >= 0.6 is 46.4 Å². The average Bonchev–Trinajstić information content (AvgIpc) is 3.46. The second-order valence-electron chi connectivity index (χ2n) is 9.22. The van der Waals surface area contributed by atoms with Crippen LogP contribution in [-0.2, 0) is 16.1 Å². The molecule has 1 fully saturated rings. The largest absolute Gasteiger partial charge is 0.492 e. The first-order valence-electron chi connectivity index (χ1n) is 12.9. The number of rotatable bonds is 10. The summed E-state index contributed by atoms with van der Waals surface area (Å²) < 4.78 is 16.9. The van der Waals surface area contributed by atoms with Gasteiger partial charge in [-0.3, -0.25) is 14.7 Å². The summed E-state index contributed by atoms with van der Waals surface area (Å²) in [6, 6.07) is 17.8. The van der Waals surface area contributed by atoms with Crippen LogP contribution in [0.3, 0.4) is 0 Å². The van der Waals surface area contributed by atoms with Crippen molar-refractivity contribution >= 4 is 58.0 Å². The highest BCUT2D eigenvalue weighted by molar-refractivity contribution is 6.54. The Morgan fingerprint density at radius 3 is 2.46 bits per heavy atom. The Kier molecular flexibility index (Phi) is 10.0. The molecule has 0 bridgehead atoms. The molecule has 1 saturated heterocycles. The molecule has 1 amide bonds. The molecule has 1 aliphatic heterocycles. The zero-order chi connectivity index (χ0) is 28.8. The molecule has 3 heterocycles. The number of carbonyl (C=O) groups excluding carboxylic acids is 1. The average molecular weight is 636 g/mol. The lowest BCUT2D eigenvalue weighted by molar-refractivity contribution is -0.117. The van der Waals surface area contributed by atoms with E-state index in [2.05, 4.69) is 15.0 Å². The van der Waals surface area contributed by atoms with Crippen LogP contribution in [0.4, 0.5) is 5.69 Å². The molecule has 8 nitrogen and oxygen atoms in total. The lowest BCUT2D eigenvalue weighted by Gasteiger charge is -2.26. The number of alkyl halides is 2. The summed E-state index contributed by atoms with van der Waals surface area (Å²) in [5, 5.41) is 5.00. The molecule has 0 atom stereocenters. The maximum atomic E-state index is 13.2. The summed E-state index contributed by atoms with van der Waals surface area (Å²) in [7, 11) is 0. The quantitative estimate of drug-likeness (QED) is 0.178. The van der Waals surface area contributed by atoms with E-state index in [1.807, 2.05) is 24.3 Å². The number of ether oxygens (including phenoxy) is 2. The molecule has 0 aliphatic carbocycles. The number of carbonyl (C=O) groups is 1. The number of nitrogens with zero attached hydrogens (tertiary/aromatic N) is 4. The standard InChI is InChI=1S/C29H26Cl4N4O4/c30-21-3-1-4-22(31)26(21)23-17-25(41-35-23)27-24(5-2-10-34-27)37(29(38)28(32)33)18-19-6-8-20(9-7-19)40-16-13-36-11-14-39-15-12-36/h1-10,17,28H,11-16,18H2. The summed E-state index contributed by atoms with van der Waals surface area (Å²) in [6.07, 6.45) is 1.59. The van der Waals surface area contributed by atoms with Crippen LogP contribution in [0.5, 0.6) is 5.75 Å². The fourth-order valence-corrected chi connectivity index (χ4v) is 5.27. The Morgan fingerprint density at radius 1 is 1.02 bits per heavy atom. The molecule has 2 aromatic carbocycles. The Balaban J connectivity index is 1.36. The van der Waals surface area contributed by atoms with Crippen LogP contribution in [0, 0.1) is 0 Å². The number of amides is 1. The van der Waals surface area contributed by atoms with Gasteiger partial charge in [-0.05, 0) is 42.0 Å². The highest BCUT2D eigenvalue weighted by atomic mass is 35.5. The molecule has 4 aromatic rings. The van der Waals surface area contributed by atoms with Crippen LogP contribution in [0.15, 0.2) is 71.4 Å². The minimum absolute atomic E-state index is 0.179. The topological polar surface area (TPSA) is 80.9 Å². The number of hydrogen-bond donors (Lipinski definition) is 0. The van der Waals surface area contributed by atoms with E-state index in [-0.39, 0.29) is 6.54 Å². The third-order valence-corrected chi connectivity index (χ3v) is 7.54. The number of aromatic nitrogens is 2. The van der Waals surface area contributed by atoms with Gasteiger partial charge in [-0.1, -0.05) is 69.8 Å². The predicted molar refractivity (Wildman–Crippen MR) is 161 cm³/mol. The van der Waals surface area contributed by atoms with Gasteiger partial charge < -0.3 is 18.9 Å². The van der Waals surface area contributed by atoms with Crippen molar-refractivity contribution in [3.05, 3.63) is 82.5 Å². The maximum absolute atomic E-state index is 13.2. The van der Waals surface area contributed by atoms with Crippen molar-refractivity contribution in [2.24, 2.45) is 0 Å². The first-order valence-corrected chi connectivity index (χ1v) is 14.5. The van der Waals surface area contributed by atoms with Crippen molar-refractivity contribution in [1.29, 1.82) is 0 Å². The van der Waals surface area contributed by atoms with Crippen LogP contribution in [0.1, 0.15) is 5.56 Å². The van der Waals surface area contributed by atoms with Crippen molar-refractivity contribution in [2.45, 2.75) is 11.4 Å². The Bertz CT molecular complexity index is 1460. The third-order valence-electron chi connectivity index (χ3n) is 6.54. The minimum Gasteiger partial charge on any atom is -0.492 e. The smallest absolute Gasteiger partial charge is 0.260 e. The fraction of sp³-hybridized carbons (Fsp3) is 0.276. The molecule has 12 heteroatoms. The van der Waals surface area contributed by atoms with Gasteiger partial charge in [-0.2, -0.15) is 0 Å². The van der Waals surface area contributed by atoms with E-state index in [0.717, 1.165) is 44.2 Å². The van der Waals surface area contributed by atoms with Gasteiger partial charge in [0.05, 0.1) is 35.5 Å².